The molecular formula is C8H14N4O2S2. The first-order chi connectivity index (χ1) is 7.17. The van der Waals surface area contributed by atoms with Gasteiger partial charge in [-0.25, -0.2) is 8.42 Å². The van der Waals surface area contributed by atoms with E-state index in [9.17, 15) is 8.42 Å². The molecule has 0 atom stereocenters. The molecule has 0 radical (unpaired) electrons. The lowest BCUT2D eigenvalue weighted by molar-refractivity contribution is 0.532. The van der Waals surface area contributed by atoms with E-state index in [1.165, 1.54) is 16.9 Å². The molecule has 16 heavy (non-hydrogen) atoms. The summed E-state index contributed by atoms with van der Waals surface area (Å²) < 4.78 is 27.6. The largest absolute Gasteiger partial charge is 0.392 e. The molecule has 1 aromatic rings. The van der Waals surface area contributed by atoms with Gasteiger partial charge in [0, 0.05) is 7.05 Å². The molecule has 0 aromatic carbocycles. The average Bonchev–Trinajstić information content (AvgIpc) is 2.49. The molecule has 0 aliphatic heterocycles. The molecule has 0 saturated heterocycles. The van der Waals surface area contributed by atoms with Gasteiger partial charge >= 0.3 is 0 Å². The standard InChI is InChI=1S/C8H14N4O2S2/c1-8(2,7(9)15)11-16(13,14)6-4-5-10-12(6)3/h4-5,11H,1-3H3,(H2,9,15). The maximum atomic E-state index is 11.9. The van der Waals surface area contributed by atoms with Gasteiger partial charge in [0.25, 0.3) is 10.0 Å². The number of nitrogens with one attached hydrogen (secondary N) is 1. The van der Waals surface area contributed by atoms with Crippen molar-refractivity contribution in [2.75, 3.05) is 0 Å². The van der Waals surface area contributed by atoms with Gasteiger partial charge in [0.2, 0.25) is 0 Å². The van der Waals surface area contributed by atoms with Crippen LogP contribution in [0.25, 0.3) is 0 Å². The molecule has 1 rings (SSSR count). The third-order valence-corrected chi connectivity index (χ3v) is 4.30. The molecule has 0 amide bonds. The second kappa shape index (κ2) is 4.11. The summed E-state index contributed by atoms with van der Waals surface area (Å²) >= 11 is 4.79. The fourth-order valence-corrected chi connectivity index (χ4v) is 2.70. The Hall–Kier alpha value is -0.990. The molecule has 0 fully saturated rings. The molecule has 1 aromatic heterocycles. The number of thiocarbonyl (C=S) groups is 1. The van der Waals surface area contributed by atoms with E-state index in [0.29, 0.717) is 0 Å². The molecule has 0 unspecified atom stereocenters. The molecule has 0 bridgehead atoms. The molecule has 90 valence electrons. The van der Waals surface area contributed by atoms with Crippen LogP contribution in [0.4, 0.5) is 0 Å². The van der Waals surface area contributed by atoms with Gasteiger partial charge in [-0.3, -0.25) is 4.68 Å². The highest BCUT2D eigenvalue weighted by molar-refractivity contribution is 7.89. The van der Waals surface area contributed by atoms with Crippen molar-refractivity contribution in [3.05, 3.63) is 12.3 Å². The fraction of sp³-hybridized carbons (Fsp3) is 0.500. The van der Waals surface area contributed by atoms with Gasteiger partial charge in [0.1, 0.15) is 0 Å². The zero-order valence-electron chi connectivity index (χ0n) is 9.26. The van der Waals surface area contributed by atoms with Gasteiger partial charge < -0.3 is 5.73 Å². The van der Waals surface area contributed by atoms with Crippen molar-refractivity contribution in [2.24, 2.45) is 12.8 Å². The Bertz CT molecular complexity index is 504. The van der Waals surface area contributed by atoms with Gasteiger partial charge in [-0.05, 0) is 19.9 Å². The Morgan fingerprint density at radius 2 is 2.19 bits per heavy atom. The van der Waals surface area contributed by atoms with E-state index in [4.69, 9.17) is 18.0 Å². The smallest absolute Gasteiger partial charge is 0.258 e. The lowest BCUT2D eigenvalue weighted by Gasteiger charge is -2.24. The van der Waals surface area contributed by atoms with Crippen LogP contribution in [0, 0.1) is 0 Å². The molecule has 0 spiro atoms. The van der Waals surface area contributed by atoms with Crippen LogP contribution in [0.15, 0.2) is 17.3 Å². The minimum absolute atomic E-state index is 0.0665. The van der Waals surface area contributed by atoms with Crippen LogP contribution in [0.1, 0.15) is 13.8 Å². The second-order valence-corrected chi connectivity index (χ2v) is 5.96. The minimum atomic E-state index is -3.67. The second-order valence-electron chi connectivity index (χ2n) is 3.89. The highest BCUT2D eigenvalue weighted by atomic mass is 32.2. The van der Waals surface area contributed by atoms with Crippen LogP contribution in [-0.4, -0.2) is 28.7 Å². The van der Waals surface area contributed by atoms with Crippen LogP contribution in [0.5, 0.6) is 0 Å². The summed E-state index contributed by atoms with van der Waals surface area (Å²) in [5.41, 5.74) is 4.48. The van der Waals surface area contributed by atoms with Gasteiger partial charge in [-0.15, -0.1) is 0 Å². The number of rotatable bonds is 4. The SMILES string of the molecule is Cn1nccc1S(=O)(=O)NC(C)(C)C(N)=S. The van der Waals surface area contributed by atoms with Crippen LogP contribution in [-0.2, 0) is 17.1 Å². The molecule has 0 aliphatic carbocycles. The Balaban J connectivity index is 3.07. The Morgan fingerprint density at radius 3 is 2.56 bits per heavy atom. The van der Waals surface area contributed by atoms with Crippen molar-refractivity contribution in [1.29, 1.82) is 0 Å². The van der Waals surface area contributed by atoms with Crippen LogP contribution in [0.3, 0.4) is 0 Å². The van der Waals surface area contributed by atoms with Crippen molar-refractivity contribution in [2.45, 2.75) is 24.4 Å². The lowest BCUT2D eigenvalue weighted by Crippen LogP contribution is -2.52. The maximum absolute atomic E-state index is 11.9. The highest BCUT2D eigenvalue weighted by Crippen LogP contribution is 2.12. The van der Waals surface area contributed by atoms with Crippen LogP contribution >= 0.6 is 12.2 Å². The Kier molecular flexibility index (Phi) is 3.36. The van der Waals surface area contributed by atoms with Gasteiger partial charge in [-0.2, -0.15) is 9.82 Å². The first-order valence-electron chi connectivity index (χ1n) is 4.49. The fourth-order valence-electron chi connectivity index (χ4n) is 1.06. The van der Waals surface area contributed by atoms with E-state index < -0.39 is 15.6 Å². The zero-order chi connectivity index (χ0) is 12.6. The summed E-state index contributed by atoms with van der Waals surface area (Å²) in [6, 6.07) is 1.40. The van der Waals surface area contributed by atoms with Gasteiger partial charge in [0.05, 0.1) is 16.7 Å². The zero-order valence-corrected chi connectivity index (χ0v) is 10.9. The van der Waals surface area contributed by atoms with Crippen molar-refractivity contribution in [3.8, 4) is 0 Å². The number of nitrogens with two attached hydrogens (primary N) is 1. The highest BCUT2D eigenvalue weighted by Gasteiger charge is 2.30. The van der Waals surface area contributed by atoms with Gasteiger partial charge in [0.15, 0.2) is 5.03 Å². The predicted octanol–water partition coefficient (Wildman–Crippen LogP) is -0.237. The predicted molar refractivity (Wildman–Crippen MR) is 64.4 cm³/mol. The van der Waals surface area contributed by atoms with Crippen LogP contribution in [0.2, 0.25) is 0 Å². The third kappa shape index (κ3) is 2.57. The lowest BCUT2D eigenvalue weighted by atomic mass is 10.1. The number of sulfonamides is 1. The first kappa shape index (κ1) is 13.1. The summed E-state index contributed by atoms with van der Waals surface area (Å²) in [5, 5.41) is 3.86. The Labute approximate surface area is 99.9 Å². The van der Waals surface area contributed by atoms with Gasteiger partial charge in [-0.1, -0.05) is 12.2 Å². The molecule has 0 aliphatic rings. The molecule has 6 nitrogen and oxygen atoms in total. The number of hydrogen-bond acceptors (Lipinski definition) is 4. The quantitative estimate of drug-likeness (QED) is 0.731. The first-order valence-corrected chi connectivity index (χ1v) is 6.38. The summed E-state index contributed by atoms with van der Waals surface area (Å²) in [6.45, 7) is 3.20. The van der Waals surface area contributed by atoms with E-state index in [0.717, 1.165) is 0 Å². The number of aromatic nitrogens is 2. The van der Waals surface area contributed by atoms with E-state index in [-0.39, 0.29) is 10.0 Å². The summed E-state index contributed by atoms with van der Waals surface area (Å²) in [6.07, 6.45) is 1.41. The van der Waals surface area contributed by atoms with Crippen LogP contribution < -0.4 is 10.5 Å². The van der Waals surface area contributed by atoms with E-state index >= 15 is 0 Å². The van der Waals surface area contributed by atoms with Crippen molar-refractivity contribution in [3.63, 3.8) is 0 Å². The van der Waals surface area contributed by atoms with Crippen molar-refractivity contribution >= 4 is 27.2 Å². The topological polar surface area (TPSA) is 90.0 Å². The molecule has 1 heterocycles. The minimum Gasteiger partial charge on any atom is -0.392 e. The van der Waals surface area contributed by atoms with Crippen molar-refractivity contribution in [1.82, 2.24) is 14.5 Å². The normalized spacial score (nSPS) is 12.7. The summed E-state index contributed by atoms with van der Waals surface area (Å²) in [5.74, 6) is 0. The maximum Gasteiger partial charge on any atom is 0.258 e. The molecular weight excluding hydrogens is 248 g/mol. The Morgan fingerprint density at radius 1 is 1.62 bits per heavy atom. The number of hydrogen-bond donors (Lipinski definition) is 2. The number of nitrogens with zero attached hydrogens (tertiary/aromatic N) is 2. The third-order valence-electron chi connectivity index (χ3n) is 2.06. The number of aryl methyl sites for hydroxylation is 1. The monoisotopic (exact) mass is 262 g/mol. The molecule has 8 heteroatoms. The van der Waals surface area contributed by atoms with Crippen molar-refractivity contribution < 1.29 is 8.42 Å². The molecule has 0 saturated carbocycles. The average molecular weight is 262 g/mol. The summed E-state index contributed by atoms with van der Waals surface area (Å²) in [7, 11) is -2.12. The van der Waals surface area contributed by atoms with E-state index in [2.05, 4.69) is 9.82 Å². The van der Waals surface area contributed by atoms with E-state index in [1.54, 1.807) is 20.9 Å². The summed E-state index contributed by atoms with van der Waals surface area (Å²) in [4.78, 5) is 0.0817. The molecule has 3 N–H and O–H groups in total. The van der Waals surface area contributed by atoms with E-state index in [1.807, 2.05) is 0 Å².